The van der Waals surface area contributed by atoms with Gasteiger partial charge in [-0.25, -0.2) is 9.97 Å². The van der Waals surface area contributed by atoms with Crippen LogP contribution in [0.3, 0.4) is 0 Å². The van der Waals surface area contributed by atoms with Gasteiger partial charge in [-0.3, -0.25) is 4.79 Å². The molecular weight excluding hydrogens is 364 g/mol. The van der Waals surface area contributed by atoms with Crippen LogP contribution in [0.1, 0.15) is 48.3 Å². The number of ether oxygens (including phenoxy) is 1. The van der Waals surface area contributed by atoms with E-state index in [1.54, 1.807) is 22.7 Å². The molecule has 0 unspecified atom stereocenters. The molecule has 1 aromatic carbocycles. The second kappa shape index (κ2) is 7.45. The van der Waals surface area contributed by atoms with Gasteiger partial charge in [-0.1, -0.05) is 31.9 Å². The minimum atomic E-state index is -0.419. The number of hydrogen-bond acceptors (Lipinski definition) is 6. The van der Waals surface area contributed by atoms with Crippen molar-refractivity contribution >= 4 is 38.9 Å². The van der Waals surface area contributed by atoms with Gasteiger partial charge in [0.05, 0.1) is 31.3 Å². The highest BCUT2D eigenvalue weighted by Crippen LogP contribution is 2.43. The number of benzene rings is 1. The van der Waals surface area contributed by atoms with E-state index >= 15 is 0 Å². The van der Waals surface area contributed by atoms with E-state index in [9.17, 15) is 4.79 Å². The smallest absolute Gasteiger partial charge is 0.312 e. The number of aromatic nitrogens is 2. The fraction of sp³-hybridized carbons (Fsp3) is 0.450. The predicted octanol–water partition coefficient (Wildman–Crippen LogP) is 5.16. The first kappa shape index (κ1) is 17.6. The van der Waals surface area contributed by atoms with Gasteiger partial charge in [0, 0.05) is 11.8 Å². The highest BCUT2D eigenvalue weighted by Gasteiger charge is 2.43. The zero-order valence-corrected chi connectivity index (χ0v) is 16.5. The van der Waals surface area contributed by atoms with E-state index in [4.69, 9.17) is 9.72 Å². The number of carbonyl (C=O) groups is 1. The second-order valence-corrected chi connectivity index (χ2v) is 8.96. The highest BCUT2D eigenvalue weighted by atomic mass is 32.1. The molecule has 0 spiro atoms. The van der Waals surface area contributed by atoms with E-state index in [1.165, 1.54) is 4.70 Å². The monoisotopic (exact) mass is 386 g/mol. The minimum absolute atomic E-state index is 0.0831. The lowest BCUT2D eigenvalue weighted by Gasteiger charge is -2.25. The zero-order chi connectivity index (χ0) is 18.0. The number of thiazole rings is 2. The maximum atomic E-state index is 13.0. The van der Waals surface area contributed by atoms with Crippen LogP contribution in [0, 0.1) is 5.41 Å². The zero-order valence-electron chi connectivity index (χ0n) is 14.9. The van der Waals surface area contributed by atoms with E-state index < -0.39 is 5.41 Å². The molecule has 0 bridgehead atoms. The molecule has 0 atom stereocenters. The maximum Gasteiger partial charge on any atom is 0.312 e. The van der Waals surface area contributed by atoms with Gasteiger partial charge in [0.15, 0.2) is 0 Å². The van der Waals surface area contributed by atoms with Gasteiger partial charge in [0.1, 0.15) is 6.61 Å². The van der Waals surface area contributed by atoms with Gasteiger partial charge in [-0.05, 0) is 31.4 Å². The van der Waals surface area contributed by atoms with Crippen LogP contribution in [0.2, 0.25) is 0 Å². The van der Waals surface area contributed by atoms with Crippen molar-refractivity contribution in [2.45, 2.75) is 52.1 Å². The summed E-state index contributed by atoms with van der Waals surface area (Å²) in [4.78, 5) is 22.2. The molecule has 3 aromatic rings. The Morgan fingerprint density at radius 3 is 2.73 bits per heavy atom. The number of rotatable bonds is 6. The molecule has 4 nitrogen and oxygen atoms in total. The summed E-state index contributed by atoms with van der Waals surface area (Å²) in [5.74, 6) is -0.0831. The lowest BCUT2D eigenvalue weighted by Crippen LogP contribution is -2.32. The Hall–Kier alpha value is -1.79. The Morgan fingerprint density at radius 1 is 1.19 bits per heavy atom. The number of fused-ring (bicyclic) bond motifs is 1. The van der Waals surface area contributed by atoms with Crippen molar-refractivity contribution in [1.82, 2.24) is 9.97 Å². The van der Waals surface area contributed by atoms with E-state index in [-0.39, 0.29) is 12.6 Å². The van der Waals surface area contributed by atoms with E-state index in [0.29, 0.717) is 6.42 Å². The summed E-state index contributed by atoms with van der Waals surface area (Å²) in [6, 6.07) is 8.15. The van der Waals surface area contributed by atoms with Gasteiger partial charge in [0.2, 0.25) is 0 Å². The number of nitrogens with zero attached hydrogens (tertiary/aromatic N) is 2. The van der Waals surface area contributed by atoms with Gasteiger partial charge in [-0.15, -0.1) is 22.7 Å². The molecule has 1 saturated carbocycles. The number of carbonyl (C=O) groups excluding carboxylic acids is 1. The summed E-state index contributed by atoms with van der Waals surface area (Å²) in [5.41, 5.74) is 1.45. The molecule has 1 aliphatic rings. The Bertz CT molecular complexity index is 876. The third-order valence-electron chi connectivity index (χ3n) is 5.07. The largest absolute Gasteiger partial charge is 0.459 e. The topological polar surface area (TPSA) is 52.1 Å². The molecule has 2 aromatic heterocycles. The molecule has 4 rings (SSSR count). The molecule has 6 heteroatoms. The first-order chi connectivity index (χ1) is 12.7. The Balaban J connectivity index is 1.48. The Morgan fingerprint density at radius 2 is 2.00 bits per heavy atom. The van der Waals surface area contributed by atoms with Gasteiger partial charge in [-0.2, -0.15) is 0 Å². The van der Waals surface area contributed by atoms with Crippen molar-refractivity contribution in [2.75, 3.05) is 0 Å². The van der Waals surface area contributed by atoms with Crippen molar-refractivity contribution in [3.8, 4) is 0 Å². The van der Waals surface area contributed by atoms with Crippen LogP contribution in [0.25, 0.3) is 10.2 Å². The summed E-state index contributed by atoms with van der Waals surface area (Å²) in [6.07, 6.45) is 5.54. The standard InChI is InChI=1S/C20H22N2O2S2/c1-2-17-21-14(13-25-17)12-24-19(23)20(9-5-6-10-20)11-18-22-15-7-3-4-8-16(15)26-18/h3-4,7-8,13H,2,5-6,9-12H2,1H3. The Labute approximate surface area is 161 Å². The van der Waals surface area contributed by atoms with Crippen LogP contribution in [-0.2, 0) is 29.0 Å². The molecular formula is C20H22N2O2S2. The first-order valence-corrected chi connectivity index (χ1v) is 10.8. The number of esters is 1. The number of aryl methyl sites for hydroxylation is 1. The molecule has 2 heterocycles. The number of para-hydroxylation sites is 1. The van der Waals surface area contributed by atoms with E-state index in [1.807, 2.05) is 23.6 Å². The van der Waals surface area contributed by atoms with Gasteiger partial charge < -0.3 is 4.74 Å². The Kier molecular flexibility index (Phi) is 5.05. The average molecular weight is 387 g/mol. The summed E-state index contributed by atoms with van der Waals surface area (Å²) in [6.45, 7) is 2.36. The SMILES string of the molecule is CCc1nc(COC(=O)C2(Cc3nc4ccccc4s3)CCCC2)cs1. The lowest BCUT2D eigenvalue weighted by atomic mass is 9.83. The van der Waals surface area contributed by atoms with E-state index in [2.05, 4.69) is 18.0 Å². The van der Waals surface area contributed by atoms with Gasteiger partial charge >= 0.3 is 5.97 Å². The summed E-state index contributed by atoms with van der Waals surface area (Å²) >= 11 is 3.32. The number of hydrogen-bond donors (Lipinski definition) is 0. The summed E-state index contributed by atoms with van der Waals surface area (Å²) in [7, 11) is 0. The third kappa shape index (κ3) is 3.53. The van der Waals surface area contributed by atoms with E-state index in [0.717, 1.165) is 53.3 Å². The van der Waals surface area contributed by atoms with Crippen LogP contribution < -0.4 is 0 Å². The van der Waals surface area contributed by atoms with Crippen molar-refractivity contribution < 1.29 is 9.53 Å². The van der Waals surface area contributed by atoms with Crippen molar-refractivity contribution in [3.05, 3.63) is 45.4 Å². The summed E-state index contributed by atoms with van der Waals surface area (Å²) in [5, 5.41) is 4.11. The molecule has 0 radical (unpaired) electrons. The predicted molar refractivity (Wildman–Crippen MR) is 106 cm³/mol. The van der Waals surface area contributed by atoms with Crippen LogP contribution in [0.15, 0.2) is 29.6 Å². The van der Waals surface area contributed by atoms with Crippen molar-refractivity contribution in [2.24, 2.45) is 5.41 Å². The molecule has 0 N–H and O–H groups in total. The molecule has 26 heavy (non-hydrogen) atoms. The minimum Gasteiger partial charge on any atom is -0.459 e. The first-order valence-electron chi connectivity index (χ1n) is 9.13. The van der Waals surface area contributed by atoms with Crippen LogP contribution in [-0.4, -0.2) is 15.9 Å². The molecule has 1 aliphatic carbocycles. The average Bonchev–Trinajstić information content (AvgIpc) is 3.39. The maximum absolute atomic E-state index is 13.0. The molecule has 0 aliphatic heterocycles. The van der Waals surface area contributed by atoms with Crippen LogP contribution >= 0.6 is 22.7 Å². The van der Waals surface area contributed by atoms with Crippen molar-refractivity contribution in [3.63, 3.8) is 0 Å². The van der Waals surface area contributed by atoms with Crippen LogP contribution in [0.5, 0.6) is 0 Å². The highest BCUT2D eigenvalue weighted by molar-refractivity contribution is 7.18. The van der Waals surface area contributed by atoms with Crippen LogP contribution in [0.4, 0.5) is 0 Å². The molecule has 0 amide bonds. The van der Waals surface area contributed by atoms with Gasteiger partial charge in [0.25, 0.3) is 0 Å². The fourth-order valence-electron chi connectivity index (χ4n) is 3.66. The molecule has 136 valence electrons. The molecule has 0 saturated heterocycles. The second-order valence-electron chi connectivity index (χ2n) is 6.90. The van der Waals surface area contributed by atoms with Crippen molar-refractivity contribution in [1.29, 1.82) is 0 Å². The quantitative estimate of drug-likeness (QED) is 0.549. The lowest BCUT2D eigenvalue weighted by molar-refractivity contribution is -0.157. The third-order valence-corrected chi connectivity index (χ3v) is 7.15. The normalized spacial score (nSPS) is 16.2. The summed E-state index contributed by atoms with van der Waals surface area (Å²) < 4.78 is 6.88. The fourth-order valence-corrected chi connectivity index (χ4v) is 5.50. The molecule has 1 fully saturated rings.